The van der Waals surface area contributed by atoms with Gasteiger partial charge in [-0.2, -0.15) is 18.3 Å². The average Bonchev–Trinajstić information content (AvgIpc) is 3.40. The Kier molecular flexibility index (Phi) is 6.60. The number of nitrogen functional groups attached to an aromatic ring is 1. The van der Waals surface area contributed by atoms with Crippen molar-refractivity contribution in [1.82, 2.24) is 10.2 Å². The molecular weight excluding hydrogens is 488 g/mol. The number of nitrogens with one attached hydrogen (secondary N) is 2. The van der Waals surface area contributed by atoms with Crippen molar-refractivity contribution >= 4 is 49.7 Å². The van der Waals surface area contributed by atoms with Gasteiger partial charge in [-0.15, -0.1) is 11.3 Å². The standard InChI is InChI=1S/C17H13FN4O2S2.C2HF3O2/c18-15-12(7-8-13-16(15)20-21-17(13)19)10-3-5-11(6-4-10)22-26(23,24)14-2-1-9-25-14;3-2(4,5)1(6)7/h1-9,22H,(H3,19,20,21);(H,6,7). The third-order valence-electron chi connectivity index (χ3n) is 4.16. The number of nitrogens with zero attached hydrogens (tertiary/aromatic N) is 1. The number of benzene rings is 2. The second-order valence-electron chi connectivity index (χ2n) is 6.38. The molecule has 4 rings (SSSR count). The van der Waals surface area contributed by atoms with Gasteiger partial charge >= 0.3 is 12.1 Å². The van der Waals surface area contributed by atoms with E-state index in [0.29, 0.717) is 22.2 Å². The summed E-state index contributed by atoms with van der Waals surface area (Å²) >= 11 is 1.13. The summed E-state index contributed by atoms with van der Waals surface area (Å²) in [6, 6.07) is 13.0. The second-order valence-corrected chi connectivity index (χ2v) is 9.23. The quantitative estimate of drug-likeness (QED) is 0.304. The number of aromatic amines is 1. The largest absolute Gasteiger partial charge is 0.490 e. The summed E-state index contributed by atoms with van der Waals surface area (Å²) in [4.78, 5) is 8.90. The Morgan fingerprint density at radius 2 is 1.76 bits per heavy atom. The number of carboxylic acids is 1. The van der Waals surface area contributed by atoms with Crippen molar-refractivity contribution in [2.24, 2.45) is 0 Å². The molecule has 8 nitrogen and oxygen atoms in total. The molecule has 2 aromatic heterocycles. The van der Waals surface area contributed by atoms with E-state index in [1.54, 1.807) is 47.8 Å². The predicted molar refractivity (Wildman–Crippen MR) is 115 cm³/mol. The normalized spacial score (nSPS) is 11.6. The zero-order chi connectivity index (χ0) is 24.4. The number of thiophene rings is 1. The molecule has 0 aliphatic heterocycles. The minimum atomic E-state index is -5.08. The Labute approximate surface area is 187 Å². The van der Waals surface area contributed by atoms with E-state index in [1.165, 1.54) is 6.07 Å². The van der Waals surface area contributed by atoms with Gasteiger partial charge in [-0.3, -0.25) is 9.82 Å². The fourth-order valence-electron chi connectivity index (χ4n) is 2.64. The fraction of sp³-hybridized carbons (Fsp3) is 0.0526. The lowest BCUT2D eigenvalue weighted by Gasteiger charge is -2.08. The summed E-state index contributed by atoms with van der Waals surface area (Å²) in [5.41, 5.74) is 7.29. The number of rotatable bonds is 4. The van der Waals surface area contributed by atoms with Crippen LogP contribution in [-0.2, 0) is 14.8 Å². The van der Waals surface area contributed by atoms with Gasteiger partial charge in [-0.1, -0.05) is 24.3 Å². The van der Waals surface area contributed by atoms with E-state index in [9.17, 15) is 26.0 Å². The lowest BCUT2D eigenvalue weighted by molar-refractivity contribution is -0.192. The van der Waals surface area contributed by atoms with E-state index in [1.807, 2.05) is 0 Å². The molecule has 0 amide bonds. The van der Waals surface area contributed by atoms with Gasteiger partial charge in [0.25, 0.3) is 10.0 Å². The van der Waals surface area contributed by atoms with Crippen molar-refractivity contribution in [3.8, 4) is 11.1 Å². The van der Waals surface area contributed by atoms with Gasteiger partial charge in [0.15, 0.2) is 11.6 Å². The Bertz CT molecular complexity index is 1380. The zero-order valence-electron chi connectivity index (χ0n) is 16.2. The van der Waals surface area contributed by atoms with Crippen LogP contribution in [0.3, 0.4) is 0 Å². The van der Waals surface area contributed by atoms with E-state index >= 15 is 0 Å². The number of halogens is 4. The van der Waals surface area contributed by atoms with Crippen molar-refractivity contribution in [2.45, 2.75) is 10.4 Å². The monoisotopic (exact) mass is 502 g/mol. The number of anilines is 2. The van der Waals surface area contributed by atoms with Crippen LogP contribution < -0.4 is 10.5 Å². The molecule has 0 bridgehead atoms. The fourth-order valence-corrected chi connectivity index (χ4v) is 4.69. The van der Waals surface area contributed by atoms with Gasteiger partial charge in [0.1, 0.15) is 9.73 Å². The van der Waals surface area contributed by atoms with Crippen LogP contribution in [0.25, 0.3) is 22.0 Å². The highest BCUT2D eigenvalue weighted by molar-refractivity contribution is 7.94. The highest BCUT2D eigenvalue weighted by Gasteiger charge is 2.38. The van der Waals surface area contributed by atoms with Gasteiger partial charge < -0.3 is 10.8 Å². The summed E-state index contributed by atoms with van der Waals surface area (Å²) < 4.78 is 73.6. The summed E-state index contributed by atoms with van der Waals surface area (Å²) in [6.45, 7) is 0. The zero-order valence-corrected chi connectivity index (χ0v) is 17.9. The van der Waals surface area contributed by atoms with Crippen LogP contribution in [0.4, 0.5) is 29.1 Å². The first-order chi connectivity index (χ1) is 15.4. The van der Waals surface area contributed by atoms with E-state index in [-0.39, 0.29) is 15.5 Å². The molecule has 0 saturated carbocycles. The summed E-state index contributed by atoms with van der Waals surface area (Å²) in [5.74, 6) is -2.98. The van der Waals surface area contributed by atoms with E-state index in [2.05, 4.69) is 14.9 Å². The second kappa shape index (κ2) is 9.07. The molecule has 2 aromatic carbocycles. The van der Waals surface area contributed by atoms with Crippen molar-refractivity contribution < 1.29 is 35.9 Å². The maximum absolute atomic E-state index is 14.7. The molecule has 4 aromatic rings. The maximum atomic E-state index is 14.7. The summed E-state index contributed by atoms with van der Waals surface area (Å²) in [7, 11) is -3.61. The average molecular weight is 502 g/mol. The van der Waals surface area contributed by atoms with E-state index in [4.69, 9.17) is 15.6 Å². The molecule has 33 heavy (non-hydrogen) atoms. The SMILES string of the molecule is Nc1n[nH]c2c(F)c(-c3ccc(NS(=O)(=O)c4cccs4)cc3)ccc12.O=C(O)C(F)(F)F. The third-order valence-corrected chi connectivity index (χ3v) is 6.94. The van der Waals surface area contributed by atoms with Crippen molar-refractivity contribution in [1.29, 1.82) is 0 Å². The highest BCUT2D eigenvalue weighted by Crippen LogP contribution is 2.31. The molecule has 0 unspecified atom stereocenters. The molecule has 0 radical (unpaired) electrons. The van der Waals surface area contributed by atoms with Crippen LogP contribution in [0.15, 0.2) is 58.1 Å². The molecule has 2 heterocycles. The molecule has 0 fully saturated rings. The minimum Gasteiger partial charge on any atom is -0.475 e. The molecule has 0 aliphatic carbocycles. The number of aromatic nitrogens is 2. The number of H-pyrrole nitrogens is 1. The van der Waals surface area contributed by atoms with Gasteiger partial charge in [-0.25, -0.2) is 17.6 Å². The van der Waals surface area contributed by atoms with Crippen LogP contribution in [0.2, 0.25) is 0 Å². The smallest absolute Gasteiger partial charge is 0.475 e. The number of carbonyl (C=O) groups is 1. The lowest BCUT2D eigenvalue weighted by Crippen LogP contribution is -2.21. The van der Waals surface area contributed by atoms with E-state index in [0.717, 1.165) is 11.3 Å². The number of nitrogens with two attached hydrogens (primary N) is 1. The van der Waals surface area contributed by atoms with Crippen LogP contribution >= 0.6 is 11.3 Å². The Balaban J connectivity index is 0.000000383. The first-order valence-corrected chi connectivity index (χ1v) is 11.2. The Hall–Kier alpha value is -3.65. The third kappa shape index (κ3) is 5.40. The molecule has 0 aliphatic rings. The molecule has 0 spiro atoms. The number of alkyl halides is 3. The summed E-state index contributed by atoms with van der Waals surface area (Å²) in [5, 5.41) is 15.7. The molecule has 174 valence electrons. The van der Waals surface area contributed by atoms with Gasteiger partial charge in [0.05, 0.1) is 0 Å². The highest BCUT2D eigenvalue weighted by atomic mass is 32.2. The van der Waals surface area contributed by atoms with Crippen LogP contribution in [0.1, 0.15) is 0 Å². The molecule has 14 heteroatoms. The molecular formula is C19H14F4N4O4S2. The van der Waals surface area contributed by atoms with Crippen molar-refractivity contribution in [3.63, 3.8) is 0 Å². The van der Waals surface area contributed by atoms with Crippen LogP contribution in [-0.4, -0.2) is 35.9 Å². The summed E-state index contributed by atoms with van der Waals surface area (Å²) in [6.07, 6.45) is -5.08. The number of hydrogen-bond acceptors (Lipinski definition) is 6. The maximum Gasteiger partial charge on any atom is 0.490 e. The van der Waals surface area contributed by atoms with E-state index < -0.39 is 28.0 Å². The number of hydrogen-bond donors (Lipinski definition) is 4. The van der Waals surface area contributed by atoms with Crippen molar-refractivity contribution in [3.05, 3.63) is 59.7 Å². The van der Waals surface area contributed by atoms with Gasteiger partial charge in [-0.05, 0) is 35.2 Å². The first kappa shape index (κ1) is 24.0. The number of aliphatic carboxylic acids is 1. The topological polar surface area (TPSA) is 138 Å². The minimum absolute atomic E-state index is 0.231. The predicted octanol–water partition coefficient (Wildman–Crippen LogP) is 4.45. The first-order valence-electron chi connectivity index (χ1n) is 8.79. The van der Waals surface area contributed by atoms with Gasteiger partial charge in [0.2, 0.25) is 0 Å². The molecule has 0 saturated heterocycles. The molecule has 0 atom stereocenters. The van der Waals surface area contributed by atoms with Crippen LogP contribution in [0.5, 0.6) is 0 Å². The number of carboxylic acid groups (broad SMARTS) is 1. The number of fused-ring (bicyclic) bond motifs is 1. The van der Waals surface area contributed by atoms with Crippen molar-refractivity contribution in [2.75, 3.05) is 10.5 Å². The number of sulfonamides is 1. The van der Waals surface area contributed by atoms with Crippen LogP contribution in [0, 0.1) is 5.82 Å². The molecule has 5 N–H and O–H groups in total. The lowest BCUT2D eigenvalue weighted by atomic mass is 10.0. The van der Waals surface area contributed by atoms with Gasteiger partial charge in [0, 0.05) is 16.6 Å². The Morgan fingerprint density at radius 1 is 1.12 bits per heavy atom. The Morgan fingerprint density at radius 3 is 2.30 bits per heavy atom.